The highest BCUT2D eigenvalue weighted by molar-refractivity contribution is 5.71. The Morgan fingerprint density at radius 1 is 0.323 bits per heavy atom. The van der Waals surface area contributed by atoms with Crippen molar-refractivity contribution in [2.75, 3.05) is 13.2 Å². The molecular formula is C59H98O6. The normalized spacial score (nSPS) is 12.8. The maximum atomic E-state index is 12.8. The van der Waals surface area contributed by atoms with Crippen LogP contribution in [0.1, 0.15) is 239 Å². The molecule has 0 bridgehead atoms. The molecule has 0 aromatic rings. The molecule has 0 aromatic carbocycles. The lowest BCUT2D eigenvalue weighted by Gasteiger charge is -2.18. The minimum absolute atomic E-state index is 0.0968. The first kappa shape index (κ1) is 61.3. The Hall–Kier alpha value is -3.67. The van der Waals surface area contributed by atoms with Gasteiger partial charge in [0.2, 0.25) is 0 Å². The largest absolute Gasteiger partial charge is 0.462 e. The van der Waals surface area contributed by atoms with Crippen molar-refractivity contribution in [2.24, 2.45) is 0 Å². The van der Waals surface area contributed by atoms with Crippen LogP contribution < -0.4 is 0 Å². The van der Waals surface area contributed by atoms with Crippen molar-refractivity contribution in [1.29, 1.82) is 0 Å². The summed E-state index contributed by atoms with van der Waals surface area (Å²) < 4.78 is 16.8. The fraction of sp³-hybridized carbons (Fsp3) is 0.678. The zero-order chi connectivity index (χ0) is 47.2. The summed E-state index contributed by atoms with van der Waals surface area (Å²) in [6.45, 7) is 6.41. The third-order valence-corrected chi connectivity index (χ3v) is 11.0. The topological polar surface area (TPSA) is 78.9 Å². The maximum absolute atomic E-state index is 12.8. The van der Waals surface area contributed by atoms with Crippen molar-refractivity contribution in [3.63, 3.8) is 0 Å². The van der Waals surface area contributed by atoms with Gasteiger partial charge in [0.15, 0.2) is 6.10 Å². The molecule has 0 spiro atoms. The molecule has 0 rings (SSSR count). The smallest absolute Gasteiger partial charge is 0.306 e. The zero-order valence-corrected chi connectivity index (χ0v) is 42.2. The van der Waals surface area contributed by atoms with E-state index in [0.29, 0.717) is 19.3 Å². The summed E-state index contributed by atoms with van der Waals surface area (Å²) in [6, 6.07) is 0. The Morgan fingerprint density at radius 2 is 0.615 bits per heavy atom. The summed E-state index contributed by atoms with van der Waals surface area (Å²) in [5, 5.41) is 0. The lowest BCUT2D eigenvalue weighted by Crippen LogP contribution is -2.30. The monoisotopic (exact) mass is 903 g/mol. The first-order valence-electron chi connectivity index (χ1n) is 26.7. The molecule has 0 aliphatic heterocycles. The van der Waals surface area contributed by atoms with E-state index in [-0.39, 0.29) is 31.1 Å². The number of carbonyl (C=O) groups excluding carboxylic acids is 3. The number of hydrogen-bond donors (Lipinski definition) is 0. The van der Waals surface area contributed by atoms with Crippen LogP contribution in [0.5, 0.6) is 0 Å². The van der Waals surface area contributed by atoms with E-state index >= 15 is 0 Å². The van der Waals surface area contributed by atoms with Crippen molar-refractivity contribution >= 4 is 17.9 Å². The van der Waals surface area contributed by atoms with Crippen LogP contribution in [0.25, 0.3) is 0 Å². The first-order chi connectivity index (χ1) is 32.0. The second-order valence-corrected chi connectivity index (χ2v) is 17.4. The Balaban J connectivity index is 4.45. The zero-order valence-electron chi connectivity index (χ0n) is 42.2. The van der Waals surface area contributed by atoms with Crippen LogP contribution in [-0.4, -0.2) is 37.2 Å². The predicted molar refractivity (Wildman–Crippen MR) is 279 cm³/mol. The van der Waals surface area contributed by atoms with Crippen LogP contribution in [0.15, 0.2) is 97.2 Å². The van der Waals surface area contributed by atoms with Crippen LogP contribution in [0.2, 0.25) is 0 Å². The molecule has 0 saturated heterocycles. The highest BCUT2D eigenvalue weighted by Crippen LogP contribution is 2.13. The van der Waals surface area contributed by atoms with Crippen LogP contribution in [0.3, 0.4) is 0 Å². The highest BCUT2D eigenvalue weighted by Gasteiger charge is 2.19. The van der Waals surface area contributed by atoms with Crippen molar-refractivity contribution < 1.29 is 28.6 Å². The van der Waals surface area contributed by atoms with Crippen molar-refractivity contribution in [2.45, 2.75) is 245 Å². The van der Waals surface area contributed by atoms with Crippen molar-refractivity contribution in [3.05, 3.63) is 97.2 Å². The molecular weight excluding hydrogens is 805 g/mol. The molecule has 6 nitrogen and oxygen atoms in total. The average molecular weight is 903 g/mol. The Labute approximate surface area is 400 Å². The number of hydrogen-bond acceptors (Lipinski definition) is 6. The van der Waals surface area contributed by atoms with E-state index in [9.17, 15) is 14.4 Å². The number of rotatable bonds is 47. The van der Waals surface area contributed by atoms with E-state index in [4.69, 9.17) is 14.2 Å². The third kappa shape index (κ3) is 51.2. The lowest BCUT2D eigenvalue weighted by molar-refractivity contribution is -0.167. The number of ether oxygens (including phenoxy) is 3. The summed E-state index contributed by atoms with van der Waals surface area (Å²) in [4.78, 5) is 38.0. The number of carbonyl (C=O) groups is 3. The van der Waals surface area contributed by atoms with Gasteiger partial charge in [0.05, 0.1) is 0 Å². The van der Waals surface area contributed by atoms with E-state index in [1.54, 1.807) is 0 Å². The van der Waals surface area contributed by atoms with Crippen molar-refractivity contribution in [1.82, 2.24) is 0 Å². The minimum atomic E-state index is -0.799. The Kier molecular flexibility index (Phi) is 50.0. The SMILES string of the molecule is CC/C=C\C/C=C\C/C=C\C/C=C\C/C=C\CCCCCC(=O)OCC(COC(=O)CCCCCCC/C=C\CCCC)OC(=O)CCCCCCCCC/C=C\C/C=C\CCCCC. The Bertz CT molecular complexity index is 1310. The summed E-state index contributed by atoms with van der Waals surface area (Å²) in [7, 11) is 0. The summed E-state index contributed by atoms with van der Waals surface area (Å²) in [5.41, 5.74) is 0. The van der Waals surface area contributed by atoms with Gasteiger partial charge in [-0.2, -0.15) is 0 Å². The Morgan fingerprint density at radius 3 is 1.02 bits per heavy atom. The van der Waals surface area contributed by atoms with Gasteiger partial charge in [-0.25, -0.2) is 0 Å². The van der Waals surface area contributed by atoms with E-state index < -0.39 is 6.10 Å². The van der Waals surface area contributed by atoms with Gasteiger partial charge in [-0.1, -0.05) is 201 Å². The molecule has 0 saturated carbocycles. The molecule has 0 N–H and O–H groups in total. The predicted octanol–water partition coefficient (Wildman–Crippen LogP) is 17.8. The molecule has 0 fully saturated rings. The number of unbranched alkanes of at least 4 members (excludes halogenated alkanes) is 20. The highest BCUT2D eigenvalue weighted by atomic mass is 16.6. The molecule has 0 aliphatic rings. The van der Waals surface area contributed by atoms with Gasteiger partial charge in [0.25, 0.3) is 0 Å². The second-order valence-electron chi connectivity index (χ2n) is 17.4. The lowest BCUT2D eigenvalue weighted by atomic mass is 10.1. The molecule has 6 heteroatoms. The minimum Gasteiger partial charge on any atom is -0.462 e. The van der Waals surface area contributed by atoms with Gasteiger partial charge >= 0.3 is 17.9 Å². The maximum Gasteiger partial charge on any atom is 0.306 e. The molecule has 0 aliphatic carbocycles. The van der Waals surface area contributed by atoms with Gasteiger partial charge in [-0.15, -0.1) is 0 Å². The molecule has 1 unspecified atom stereocenters. The van der Waals surface area contributed by atoms with Gasteiger partial charge in [0, 0.05) is 19.3 Å². The van der Waals surface area contributed by atoms with E-state index in [1.807, 2.05) is 0 Å². The summed E-state index contributed by atoms with van der Waals surface area (Å²) >= 11 is 0. The standard InChI is InChI=1S/C59H98O6/c1-4-7-10-13-16-19-22-24-26-28-29-31-32-34-37-40-43-46-49-52-58(61)64-55-56(54-63-57(60)51-48-45-42-39-36-21-18-15-12-9-6-3)65-59(62)53-50-47-44-41-38-35-33-30-27-25-23-20-17-14-11-8-5-2/h7,10,15-20,24-27,29,31,34,37,56H,4-6,8-9,11-14,21-23,28,30,32-33,35-36,38-55H2,1-3H3/b10-7-,18-15-,19-16-,20-17-,26-24-,27-25-,31-29-,37-34-. The quantitative estimate of drug-likeness (QED) is 0.0262. The fourth-order valence-corrected chi connectivity index (χ4v) is 7.01. The first-order valence-corrected chi connectivity index (χ1v) is 26.7. The van der Waals surface area contributed by atoms with E-state index in [0.717, 1.165) is 122 Å². The molecule has 65 heavy (non-hydrogen) atoms. The van der Waals surface area contributed by atoms with Crippen LogP contribution in [-0.2, 0) is 28.6 Å². The molecule has 370 valence electrons. The van der Waals surface area contributed by atoms with Gasteiger partial charge < -0.3 is 14.2 Å². The molecule has 0 amide bonds. The number of allylic oxidation sites excluding steroid dienone is 16. The van der Waals surface area contributed by atoms with E-state index in [2.05, 4.69) is 118 Å². The molecule has 0 heterocycles. The van der Waals surface area contributed by atoms with Crippen LogP contribution in [0, 0.1) is 0 Å². The van der Waals surface area contributed by atoms with Gasteiger partial charge in [-0.05, 0) is 116 Å². The molecule has 0 radical (unpaired) electrons. The molecule has 0 aromatic heterocycles. The van der Waals surface area contributed by atoms with Crippen LogP contribution in [0.4, 0.5) is 0 Å². The molecule has 1 atom stereocenters. The summed E-state index contributed by atoms with van der Waals surface area (Å²) in [6.07, 6.45) is 69.6. The van der Waals surface area contributed by atoms with Gasteiger partial charge in [0.1, 0.15) is 13.2 Å². The summed E-state index contributed by atoms with van der Waals surface area (Å²) in [5.74, 6) is -0.949. The average Bonchev–Trinajstić information content (AvgIpc) is 3.30. The number of esters is 3. The fourth-order valence-electron chi connectivity index (χ4n) is 7.01. The second kappa shape index (κ2) is 52.9. The van der Waals surface area contributed by atoms with Gasteiger partial charge in [-0.3, -0.25) is 14.4 Å². The van der Waals surface area contributed by atoms with Crippen LogP contribution >= 0.6 is 0 Å². The third-order valence-electron chi connectivity index (χ3n) is 11.0. The van der Waals surface area contributed by atoms with E-state index in [1.165, 1.54) is 77.0 Å². The van der Waals surface area contributed by atoms with Crippen molar-refractivity contribution in [3.8, 4) is 0 Å².